The molecule has 1 unspecified atom stereocenters. The third kappa shape index (κ3) is 4.14. The van der Waals surface area contributed by atoms with Crippen LogP contribution in [0.2, 0.25) is 0 Å². The van der Waals surface area contributed by atoms with Crippen molar-refractivity contribution in [1.82, 2.24) is 20.5 Å². The molecular weight excluding hydrogens is 327 g/mol. The second-order valence-electron chi connectivity index (χ2n) is 6.05. The summed E-state index contributed by atoms with van der Waals surface area (Å²) in [7, 11) is 0. The highest BCUT2D eigenvalue weighted by Crippen LogP contribution is 2.25. The maximum atomic E-state index is 13.8. The number of rotatable bonds is 5. The molecule has 1 aromatic carbocycles. The Morgan fingerprint density at radius 3 is 2.83 bits per heavy atom. The van der Waals surface area contributed by atoms with E-state index in [4.69, 9.17) is 0 Å². The van der Waals surface area contributed by atoms with Crippen LogP contribution in [0.25, 0.3) is 11.4 Å². The Morgan fingerprint density at radius 2 is 2.08 bits per heavy atom. The molecule has 1 atom stereocenters. The zero-order valence-corrected chi connectivity index (χ0v) is 14.4. The topological polar surface area (TPSA) is 70.7 Å². The molecule has 0 spiro atoms. The van der Waals surface area contributed by atoms with Gasteiger partial charge in [0.15, 0.2) is 5.82 Å². The normalized spacial score (nSPS) is 16.8. The van der Waals surface area contributed by atoms with Gasteiger partial charge >= 0.3 is 0 Å². The maximum absolute atomic E-state index is 13.8. The van der Waals surface area contributed by atoms with Gasteiger partial charge in [0.2, 0.25) is 11.1 Å². The highest BCUT2D eigenvalue weighted by atomic mass is 32.2. The molecule has 2 aromatic rings. The van der Waals surface area contributed by atoms with Gasteiger partial charge < -0.3 is 5.32 Å². The molecular formula is C17H21FN4OS. The summed E-state index contributed by atoms with van der Waals surface area (Å²) >= 11 is 1.27. The molecule has 1 saturated carbocycles. The van der Waals surface area contributed by atoms with E-state index in [2.05, 4.69) is 20.5 Å². The minimum Gasteiger partial charge on any atom is -0.352 e. The summed E-state index contributed by atoms with van der Waals surface area (Å²) in [4.78, 5) is 16.6. The first-order chi connectivity index (χ1) is 11.6. The van der Waals surface area contributed by atoms with Gasteiger partial charge in [-0.1, -0.05) is 43.2 Å². The quantitative estimate of drug-likeness (QED) is 0.811. The molecule has 128 valence electrons. The number of aromatic nitrogens is 3. The summed E-state index contributed by atoms with van der Waals surface area (Å²) in [5, 5.41) is 10.1. The number of nitrogens with one attached hydrogen (secondary N) is 2. The van der Waals surface area contributed by atoms with Gasteiger partial charge in [0, 0.05) is 6.04 Å². The molecule has 1 fully saturated rings. The molecule has 0 saturated heterocycles. The van der Waals surface area contributed by atoms with Crippen LogP contribution in [0, 0.1) is 5.82 Å². The Kier molecular flexibility index (Phi) is 5.50. The number of carbonyl (C=O) groups excluding carboxylic acids is 1. The van der Waals surface area contributed by atoms with Gasteiger partial charge in [0.05, 0.1) is 10.8 Å². The lowest BCUT2D eigenvalue weighted by Crippen LogP contribution is -2.40. The van der Waals surface area contributed by atoms with E-state index in [0.717, 1.165) is 12.8 Å². The maximum Gasteiger partial charge on any atom is 0.233 e. The number of hydrogen-bond donors (Lipinski definition) is 2. The fraction of sp³-hybridized carbons (Fsp3) is 0.471. The molecule has 0 bridgehead atoms. The number of amides is 1. The van der Waals surface area contributed by atoms with Crippen molar-refractivity contribution >= 4 is 17.7 Å². The molecule has 3 rings (SSSR count). The number of carbonyl (C=O) groups is 1. The Bertz CT molecular complexity index is 699. The largest absolute Gasteiger partial charge is 0.352 e. The SMILES string of the molecule is CC(Sc1n[nH]c(-c2ccccc2F)n1)C(=O)NC1CCCCC1. The fourth-order valence-electron chi connectivity index (χ4n) is 2.85. The van der Waals surface area contributed by atoms with E-state index in [1.807, 2.05) is 6.92 Å². The Morgan fingerprint density at radius 1 is 1.33 bits per heavy atom. The molecule has 1 amide bonds. The van der Waals surface area contributed by atoms with Crippen LogP contribution in [-0.4, -0.2) is 32.4 Å². The summed E-state index contributed by atoms with van der Waals surface area (Å²) in [6, 6.07) is 6.68. The van der Waals surface area contributed by atoms with Crippen LogP contribution in [0.15, 0.2) is 29.4 Å². The third-order valence-electron chi connectivity index (χ3n) is 4.20. The molecule has 2 N–H and O–H groups in total. The van der Waals surface area contributed by atoms with Crippen LogP contribution in [0.3, 0.4) is 0 Å². The van der Waals surface area contributed by atoms with E-state index >= 15 is 0 Å². The number of halogens is 1. The van der Waals surface area contributed by atoms with Crippen molar-refractivity contribution in [3.05, 3.63) is 30.1 Å². The lowest BCUT2D eigenvalue weighted by atomic mass is 9.95. The molecule has 7 heteroatoms. The van der Waals surface area contributed by atoms with Crippen LogP contribution < -0.4 is 5.32 Å². The molecule has 0 radical (unpaired) electrons. The number of thioether (sulfide) groups is 1. The van der Waals surface area contributed by atoms with Gasteiger partial charge in [-0.25, -0.2) is 9.37 Å². The second kappa shape index (κ2) is 7.79. The van der Waals surface area contributed by atoms with Crippen molar-refractivity contribution < 1.29 is 9.18 Å². The van der Waals surface area contributed by atoms with E-state index in [1.165, 1.54) is 37.1 Å². The zero-order chi connectivity index (χ0) is 16.9. The van der Waals surface area contributed by atoms with Gasteiger partial charge in [-0.05, 0) is 31.9 Å². The Hall–Kier alpha value is -1.89. The number of nitrogens with zero attached hydrogens (tertiary/aromatic N) is 2. The first kappa shape index (κ1) is 17.0. The van der Waals surface area contributed by atoms with Crippen molar-refractivity contribution in [2.45, 2.75) is 55.5 Å². The average molecular weight is 348 g/mol. The van der Waals surface area contributed by atoms with Gasteiger partial charge in [0.1, 0.15) is 5.82 Å². The monoisotopic (exact) mass is 348 g/mol. The summed E-state index contributed by atoms with van der Waals surface area (Å²) in [6.45, 7) is 1.84. The molecule has 1 aromatic heterocycles. The van der Waals surface area contributed by atoms with Crippen LogP contribution in [-0.2, 0) is 4.79 Å². The van der Waals surface area contributed by atoms with Crippen molar-refractivity contribution in [1.29, 1.82) is 0 Å². The van der Waals surface area contributed by atoms with E-state index in [1.54, 1.807) is 18.2 Å². The van der Waals surface area contributed by atoms with Gasteiger partial charge in [-0.3, -0.25) is 9.89 Å². The standard InChI is InChI=1S/C17H21FN4OS/c1-11(16(23)19-12-7-3-2-4-8-12)24-17-20-15(21-22-17)13-9-5-6-10-14(13)18/h5-6,9-12H,2-4,7-8H2,1H3,(H,19,23)(H,20,21,22). The minimum atomic E-state index is -0.353. The predicted octanol–water partition coefficient (Wildman–Crippen LogP) is 3.54. The highest BCUT2D eigenvalue weighted by Gasteiger charge is 2.22. The summed E-state index contributed by atoms with van der Waals surface area (Å²) in [5.74, 6) is 0.0212. The van der Waals surface area contributed by atoms with Crippen molar-refractivity contribution in [2.75, 3.05) is 0 Å². The third-order valence-corrected chi connectivity index (χ3v) is 5.16. The first-order valence-electron chi connectivity index (χ1n) is 8.28. The summed E-state index contributed by atoms with van der Waals surface area (Å²) in [6.07, 6.45) is 5.73. The molecule has 0 aliphatic heterocycles. The highest BCUT2D eigenvalue weighted by molar-refractivity contribution is 8.00. The van der Waals surface area contributed by atoms with Gasteiger partial charge in [-0.15, -0.1) is 5.10 Å². The van der Waals surface area contributed by atoms with E-state index in [9.17, 15) is 9.18 Å². The number of benzene rings is 1. The smallest absolute Gasteiger partial charge is 0.233 e. The molecule has 1 aliphatic carbocycles. The summed E-state index contributed by atoms with van der Waals surface area (Å²) in [5.41, 5.74) is 0.371. The minimum absolute atomic E-state index is 0.00383. The average Bonchev–Trinajstić information content (AvgIpc) is 3.04. The Balaban J connectivity index is 1.59. The molecule has 1 aliphatic rings. The van der Waals surface area contributed by atoms with E-state index in [-0.39, 0.29) is 23.0 Å². The van der Waals surface area contributed by atoms with Gasteiger partial charge in [-0.2, -0.15) is 0 Å². The van der Waals surface area contributed by atoms with Crippen LogP contribution >= 0.6 is 11.8 Å². The van der Waals surface area contributed by atoms with Crippen LogP contribution in [0.1, 0.15) is 39.0 Å². The summed E-state index contributed by atoms with van der Waals surface area (Å²) < 4.78 is 13.8. The van der Waals surface area contributed by atoms with Crippen LogP contribution in [0.5, 0.6) is 0 Å². The number of hydrogen-bond acceptors (Lipinski definition) is 4. The second-order valence-corrected chi connectivity index (χ2v) is 7.36. The van der Waals surface area contributed by atoms with Crippen molar-refractivity contribution in [3.8, 4) is 11.4 Å². The number of aromatic amines is 1. The molecule has 5 nitrogen and oxygen atoms in total. The van der Waals surface area contributed by atoms with Gasteiger partial charge in [0.25, 0.3) is 0 Å². The lowest BCUT2D eigenvalue weighted by Gasteiger charge is -2.24. The fourth-order valence-corrected chi connectivity index (χ4v) is 3.58. The van der Waals surface area contributed by atoms with E-state index in [0.29, 0.717) is 16.5 Å². The zero-order valence-electron chi connectivity index (χ0n) is 13.6. The van der Waals surface area contributed by atoms with E-state index < -0.39 is 0 Å². The van der Waals surface area contributed by atoms with Crippen molar-refractivity contribution in [2.24, 2.45) is 0 Å². The Labute approximate surface area is 144 Å². The molecule has 24 heavy (non-hydrogen) atoms. The number of H-pyrrole nitrogens is 1. The van der Waals surface area contributed by atoms with Crippen LogP contribution in [0.4, 0.5) is 4.39 Å². The first-order valence-corrected chi connectivity index (χ1v) is 9.16. The molecule has 1 heterocycles. The lowest BCUT2D eigenvalue weighted by molar-refractivity contribution is -0.121. The van der Waals surface area contributed by atoms with Crippen molar-refractivity contribution in [3.63, 3.8) is 0 Å². The predicted molar refractivity (Wildman–Crippen MR) is 92.1 cm³/mol.